The fourth-order valence-corrected chi connectivity index (χ4v) is 4.04. The Morgan fingerprint density at radius 2 is 2.30 bits per heavy atom. The van der Waals surface area contributed by atoms with Gasteiger partial charge in [-0.1, -0.05) is 6.08 Å². The molecular formula is C19H22F2N4O4S. The van der Waals surface area contributed by atoms with Gasteiger partial charge in [-0.15, -0.1) is 11.3 Å². The fraction of sp³-hybridized carbons (Fsp3) is 0.474. The third kappa shape index (κ3) is 5.70. The van der Waals surface area contributed by atoms with Crippen molar-refractivity contribution in [3.63, 3.8) is 0 Å². The van der Waals surface area contributed by atoms with E-state index in [4.69, 9.17) is 9.84 Å². The summed E-state index contributed by atoms with van der Waals surface area (Å²) in [5.74, 6) is -4.85. The standard InChI is InChI=1S/C19H22F2N4O4S/c1-2-29-18(28)13-8-23-16(17-22-5-6-30-17)24-14(13)10-25-9-12(3-4-15(26)27)7-19(20,21)11-25/h3-6,12H,2,7-11H2,1H3,(H,23,24)(H,26,27)/b4-3+. The number of amidine groups is 1. The molecular weight excluding hydrogens is 418 g/mol. The molecule has 30 heavy (non-hydrogen) atoms. The molecule has 3 rings (SSSR count). The monoisotopic (exact) mass is 440 g/mol. The van der Waals surface area contributed by atoms with Crippen molar-refractivity contribution in [2.24, 2.45) is 10.9 Å². The van der Waals surface area contributed by atoms with Gasteiger partial charge < -0.3 is 15.2 Å². The molecule has 2 aliphatic heterocycles. The van der Waals surface area contributed by atoms with E-state index in [-0.39, 0.29) is 31.8 Å². The second-order valence-corrected chi connectivity index (χ2v) is 7.89. The number of thiazole rings is 1. The second kappa shape index (κ2) is 9.43. The maximum atomic E-state index is 14.3. The summed E-state index contributed by atoms with van der Waals surface area (Å²) >= 11 is 1.37. The van der Waals surface area contributed by atoms with Crippen molar-refractivity contribution >= 4 is 29.1 Å². The van der Waals surface area contributed by atoms with Crippen LogP contribution in [0.25, 0.3) is 0 Å². The first kappa shape index (κ1) is 22.0. The third-order valence-electron chi connectivity index (χ3n) is 4.59. The Balaban J connectivity index is 1.81. The van der Waals surface area contributed by atoms with Crippen molar-refractivity contribution < 1.29 is 28.2 Å². The van der Waals surface area contributed by atoms with Crippen molar-refractivity contribution in [2.75, 3.05) is 32.8 Å². The minimum absolute atomic E-state index is 0.0472. The lowest BCUT2D eigenvalue weighted by atomic mass is 9.94. The molecule has 1 aromatic heterocycles. The highest BCUT2D eigenvalue weighted by Gasteiger charge is 2.40. The van der Waals surface area contributed by atoms with Gasteiger partial charge >= 0.3 is 11.9 Å². The molecule has 0 saturated carbocycles. The summed E-state index contributed by atoms with van der Waals surface area (Å²) in [6.45, 7) is 1.72. The number of piperidine rings is 1. The lowest BCUT2D eigenvalue weighted by molar-refractivity contribution is -0.138. The topological polar surface area (TPSA) is 104 Å². The van der Waals surface area contributed by atoms with Gasteiger partial charge in [0.25, 0.3) is 5.92 Å². The van der Waals surface area contributed by atoms with Gasteiger partial charge in [-0.25, -0.2) is 23.4 Å². The molecule has 1 saturated heterocycles. The first-order valence-electron chi connectivity index (χ1n) is 9.39. The highest BCUT2D eigenvalue weighted by Crippen LogP contribution is 2.32. The SMILES string of the molecule is CCOC(=O)C1=C(CN2CC(/C=C/C(=O)O)CC(F)(F)C2)NC(c2nccs2)=NC1. The van der Waals surface area contributed by atoms with E-state index in [0.29, 0.717) is 16.5 Å². The highest BCUT2D eigenvalue weighted by atomic mass is 32.1. The summed E-state index contributed by atoms with van der Waals surface area (Å²) in [7, 11) is 0. The minimum atomic E-state index is -2.97. The number of halogens is 2. The molecule has 0 amide bonds. The van der Waals surface area contributed by atoms with Crippen molar-refractivity contribution in [1.29, 1.82) is 0 Å². The Labute approximate surface area is 176 Å². The molecule has 1 atom stereocenters. The zero-order valence-electron chi connectivity index (χ0n) is 16.3. The van der Waals surface area contributed by atoms with Crippen LogP contribution >= 0.6 is 11.3 Å². The van der Waals surface area contributed by atoms with Gasteiger partial charge in [-0.2, -0.15) is 0 Å². The molecule has 1 fully saturated rings. The normalized spacial score (nSPS) is 22.0. The molecule has 0 aromatic carbocycles. The summed E-state index contributed by atoms with van der Waals surface area (Å²) in [5, 5.41) is 14.3. The van der Waals surface area contributed by atoms with E-state index >= 15 is 0 Å². The maximum Gasteiger partial charge on any atom is 0.337 e. The van der Waals surface area contributed by atoms with Crippen LogP contribution in [-0.4, -0.2) is 71.5 Å². The molecule has 2 aliphatic rings. The van der Waals surface area contributed by atoms with Crippen LogP contribution in [-0.2, 0) is 14.3 Å². The van der Waals surface area contributed by atoms with Crippen LogP contribution in [0.3, 0.4) is 0 Å². The summed E-state index contributed by atoms with van der Waals surface area (Å²) in [4.78, 5) is 33.2. The predicted molar refractivity (Wildman–Crippen MR) is 107 cm³/mol. The van der Waals surface area contributed by atoms with Crippen LogP contribution in [0.1, 0.15) is 18.4 Å². The molecule has 1 aromatic rings. The van der Waals surface area contributed by atoms with Gasteiger partial charge in [-0.3, -0.25) is 9.89 Å². The second-order valence-electron chi connectivity index (χ2n) is 6.99. The zero-order valence-corrected chi connectivity index (χ0v) is 17.1. The smallest absolute Gasteiger partial charge is 0.337 e. The van der Waals surface area contributed by atoms with E-state index in [1.54, 1.807) is 18.5 Å². The number of ether oxygens (including phenoxy) is 1. The number of aliphatic carboxylic acids is 1. The largest absolute Gasteiger partial charge is 0.478 e. The van der Waals surface area contributed by atoms with Crippen LogP contribution in [0, 0.1) is 5.92 Å². The van der Waals surface area contributed by atoms with E-state index in [9.17, 15) is 18.4 Å². The number of nitrogens with zero attached hydrogens (tertiary/aromatic N) is 3. The zero-order chi connectivity index (χ0) is 21.7. The van der Waals surface area contributed by atoms with E-state index in [0.717, 1.165) is 6.08 Å². The number of alkyl halides is 2. The van der Waals surface area contributed by atoms with Crippen LogP contribution in [0.5, 0.6) is 0 Å². The summed E-state index contributed by atoms with van der Waals surface area (Å²) in [6, 6.07) is 0. The number of nitrogens with one attached hydrogen (secondary N) is 1. The third-order valence-corrected chi connectivity index (χ3v) is 5.37. The molecule has 0 aliphatic carbocycles. The van der Waals surface area contributed by atoms with Gasteiger partial charge in [0, 0.05) is 42.9 Å². The molecule has 162 valence electrons. The van der Waals surface area contributed by atoms with Crippen molar-refractivity contribution in [3.05, 3.63) is 40.0 Å². The van der Waals surface area contributed by atoms with E-state index in [1.807, 2.05) is 0 Å². The van der Waals surface area contributed by atoms with Crippen LogP contribution in [0.15, 0.2) is 40.0 Å². The number of likely N-dealkylation sites (tertiary alicyclic amines) is 1. The van der Waals surface area contributed by atoms with E-state index in [1.165, 1.54) is 22.3 Å². The van der Waals surface area contributed by atoms with Crippen molar-refractivity contribution in [1.82, 2.24) is 15.2 Å². The number of rotatable bonds is 7. The summed E-state index contributed by atoms with van der Waals surface area (Å²) in [6.07, 6.45) is 3.38. The molecule has 0 radical (unpaired) electrons. The number of hydrogen-bond donors (Lipinski definition) is 2. The first-order valence-corrected chi connectivity index (χ1v) is 10.3. The Morgan fingerprint density at radius 1 is 1.50 bits per heavy atom. The van der Waals surface area contributed by atoms with Gasteiger partial charge in [0.1, 0.15) is 0 Å². The molecule has 11 heteroatoms. The number of carboxylic acid groups (broad SMARTS) is 1. The van der Waals surface area contributed by atoms with Crippen molar-refractivity contribution in [2.45, 2.75) is 19.3 Å². The Hall–Kier alpha value is -2.66. The lowest BCUT2D eigenvalue weighted by Gasteiger charge is -2.37. The molecule has 1 unspecified atom stereocenters. The molecule has 0 bridgehead atoms. The van der Waals surface area contributed by atoms with Crippen molar-refractivity contribution in [3.8, 4) is 0 Å². The Kier molecular flexibility index (Phi) is 6.93. The Bertz CT molecular complexity index is 883. The summed E-state index contributed by atoms with van der Waals surface area (Å²) in [5.41, 5.74) is 0.719. The number of aliphatic imine (C=N–C) groups is 1. The Morgan fingerprint density at radius 3 is 2.97 bits per heavy atom. The number of aromatic nitrogens is 1. The van der Waals surface area contributed by atoms with Gasteiger partial charge in [-0.05, 0) is 12.8 Å². The summed E-state index contributed by atoms with van der Waals surface area (Å²) < 4.78 is 33.6. The number of hydrogen-bond acceptors (Lipinski definition) is 8. The fourth-order valence-electron chi connectivity index (χ4n) is 3.44. The van der Waals surface area contributed by atoms with E-state index < -0.39 is 36.7 Å². The lowest BCUT2D eigenvalue weighted by Crippen LogP contribution is -2.49. The van der Waals surface area contributed by atoms with Gasteiger partial charge in [0.05, 0.1) is 25.3 Å². The number of carbonyl (C=O) groups is 2. The first-order chi connectivity index (χ1) is 14.3. The minimum Gasteiger partial charge on any atom is -0.478 e. The average molecular weight is 440 g/mol. The molecule has 8 nitrogen and oxygen atoms in total. The van der Waals surface area contributed by atoms with Crippen LogP contribution in [0.2, 0.25) is 0 Å². The molecule has 0 spiro atoms. The maximum absolute atomic E-state index is 14.3. The van der Waals surface area contributed by atoms with Crippen LogP contribution < -0.4 is 5.32 Å². The predicted octanol–water partition coefficient (Wildman–Crippen LogP) is 1.91. The van der Waals surface area contributed by atoms with Crippen LogP contribution in [0.4, 0.5) is 8.78 Å². The molecule has 3 heterocycles. The molecule has 2 N–H and O–H groups in total. The number of carboxylic acids is 1. The van der Waals surface area contributed by atoms with Gasteiger partial charge in [0.2, 0.25) is 0 Å². The van der Waals surface area contributed by atoms with Gasteiger partial charge in [0.15, 0.2) is 10.8 Å². The highest BCUT2D eigenvalue weighted by molar-refractivity contribution is 7.11. The average Bonchev–Trinajstić information content (AvgIpc) is 3.20. The quantitative estimate of drug-likeness (QED) is 0.493. The number of esters is 1. The van der Waals surface area contributed by atoms with E-state index in [2.05, 4.69) is 15.3 Å². The number of carbonyl (C=O) groups excluding carboxylic acids is 1.